The van der Waals surface area contributed by atoms with Crippen LogP contribution in [0.1, 0.15) is 41.5 Å². The quantitative estimate of drug-likeness (QED) is 0.852. The van der Waals surface area contributed by atoms with Gasteiger partial charge in [-0.1, -0.05) is 6.07 Å². The average molecular weight is 301 g/mol. The molecule has 1 aromatic heterocycles. The molecule has 0 radical (unpaired) electrons. The molecule has 0 unspecified atom stereocenters. The molecule has 1 aromatic carbocycles. The maximum atomic E-state index is 13.9. The summed E-state index contributed by atoms with van der Waals surface area (Å²) in [6, 6.07) is 4.54. The van der Waals surface area contributed by atoms with Gasteiger partial charge in [0.15, 0.2) is 0 Å². The lowest BCUT2D eigenvalue weighted by Crippen LogP contribution is -2.38. The molecular weight excluding hydrogens is 284 g/mol. The maximum Gasteiger partial charge on any atom is 0.130 e. The first-order chi connectivity index (χ1) is 10.6. The molecule has 2 bridgehead atoms. The molecule has 1 fully saturated rings. The van der Waals surface area contributed by atoms with Crippen LogP contribution in [-0.2, 0) is 13.0 Å². The van der Waals surface area contributed by atoms with Gasteiger partial charge in [0.1, 0.15) is 17.5 Å². The van der Waals surface area contributed by atoms with E-state index in [9.17, 15) is 8.78 Å². The third-order valence-electron chi connectivity index (χ3n) is 4.85. The van der Waals surface area contributed by atoms with Crippen molar-refractivity contribution in [3.63, 3.8) is 0 Å². The highest BCUT2D eigenvalue weighted by atomic mass is 19.1. The molecule has 2 aromatic rings. The smallest absolute Gasteiger partial charge is 0.130 e. The highest BCUT2D eigenvalue weighted by molar-refractivity contribution is 5.30. The molecule has 0 spiro atoms. The van der Waals surface area contributed by atoms with Crippen LogP contribution in [0.4, 0.5) is 8.78 Å². The Labute approximate surface area is 128 Å². The van der Waals surface area contributed by atoms with Crippen molar-refractivity contribution in [2.75, 3.05) is 0 Å². The van der Waals surface area contributed by atoms with E-state index in [4.69, 9.17) is 0 Å². The zero-order valence-corrected chi connectivity index (χ0v) is 12.4. The van der Waals surface area contributed by atoms with Gasteiger partial charge in [-0.25, -0.2) is 18.7 Å². The second-order valence-electron chi connectivity index (χ2n) is 6.14. The number of aryl methyl sites for hydroxylation is 1. The molecule has 0 saturated carbocycles. The van der Waals surface area contributed by atoms with Gasteiger partial charge in [-0.2, -0.15) is 0 Å². The molecule has 3 heterocycles. The summed E-state index contributed by atoms with van der Waals surface area (Å²) >= 11 is 0. The summed E-state index contributed by atoms with van der Waals surface area (Å²) < 4.78 is 27.9. The first-order valence-corrected chi connectivity index (χ1v) is 7.64. The van der Waals surface area contributed by atoms with E-state index in [0.29, 0.717) is 12.6 Å². The lowest BCUT2D eigenvalue weighted by Gasteiger charge is -2.35. The fraction of sp³-hybridized carbons (Fsp3) is 0.412. The molecule has 114 valence electrons. The van der Waals surface area contributed by atoms with Gasteiger partial charge in [0.05, 0.1) is 5.69 Å². The van der Waals surface area contributed by atoms with Crippen molar-refractivity contribution in [3.8, 4) is 0 Å². The number of hydrogen-bond acceptors (Lipinski definition) is 3. The van der Waals surface area contributed by atoms with Crippen LogP contribution in [0.2, 0.25) is 0 Å². The van der Waals surface area contributed by atoms with E-state index in [1.165, 1.54) is 18.2 Å². The molecule has 2 aliphatic heterocycles. The normalized spacial score (nSPS) is 23.6. The summed E-state index contributed by atoms with van der Waals surface area (Å²) in [4.78, 5) is 11.1. The maximum absolute atomic E-state index is 13.9. The van der Waals surface area contributed by atoms with Gasteiger partial charge in [-0.3, -0.25) is 4.90 Å². The Bertz CT molecular complexity index is 712. The molecule has 0 aliphatic carbocycles. The first-order valence-electron chi connectivity index (χ1n) is 7.64. The van der Waals surface area contributed by atoms with E-state index in [0.717, 1.165) is 36.3 Å². The Kier molecular flexibility index (Phi) is 3.18. The van der Waals surface area contributed by atoms with E-state index in [-0.39, 0.29) is 11.6 Å². The number of benzene rings is 1. The third kappa shape index (κ3) is 2.11. The zero-order chi connectivity index (χ0) is 15.3. The molecule has 22 heavy (non-hydrogen) atoms. The molecule has 3 nitrogen and oxygen atoms in total. The van der Waals surface area contributed by atoms with Gasteiger partial charge < -0.3 is 0 Å². The van der Waals surface area contributed by atoms with Crippen molar-refractivity contribution in [2.45, 2.75) is 44.8 Å². The zero-order valence-electron chi connectivity index (χ0n) is 12.4. The molecule has 4 rings (SSSR count). The lowest BCUT2D eigenvalue weighted by molar-refractivity contribution is 0.161. The van der Waals surface area contributed by atoms with Crippen LogP contribution in [0, 0.1) is 18.6 Å². The van der Waals surface area contributed by atoms with Gasteiger partial charge in [-0.15, -0.1) is 0 Å². The first kappa shape index (κ1) is 13.8. The Morgan fingerprint density at radius 3 is 2.77 bits per heavy atom. The fourth-order valence-electron chi connectivity index (χ4n) is 3.79. The topological polar surface area (TPSA) is 29.0 Å². The molecule has 2 aliphatic rings. The van der Waals surface area contributed by atoms with Gasteiger partial charge in [0.25, 0.3) is 0 Å². The van der Waals surface area contributed by atoms with Crippen molar-refractivity contribution >= 4 is 0 Å². The Balaban J connectivity index is 1.69. The Morgan fingerprint density at radius 1 is 1.23 bits per heavy atom. The van der Waals surface area contributed by atoms with Gasteiger partial charge in [0.2, 0.25) is 0 Å². The van der Waals surface area contributed by atoms with E-state index in [1.807, 2.05) is 13.1 Å². The SMILES string of the molecule is Cc1ncc2c(n1)C[C@H]1CC[C@@H]2N1Cc1c(F)cccc1F. The van der Waals surface area contributed by atoms with Crippen LogP contribution in [0.5, 0.6) is 0 Å². The second kappa shape index (κ2) is 5.09. The predicted molar refractivity (Wildman–Crippen MR) is 78.1 cm³/mol. The molecule has 0 N–H and O–H groups in total. The minimum absolute atomic E-state index is 0.163. The van der Waals surface area contributed by atoms with Crippen LogP contribution in [0.25, 0.3) is 0 Å². The van der Waals surface area contributed by atoms with Crippen molar-refractivity contribution in [1.29, 1.82) is 0 Å². The lowest BCUT2D eigenvalue weighted by atomic mass is 9.98. The largest absolute Gasteiger partial charge is 0.288 e. The summed E-state index contributed by atoms with van der Waals surface area (Å²) in [7, 11) is 0. The van der Waals surface area contributed by atoms with Crippen LogP contribution in [0.3, 0.4) is 0 Å². The minimum Gasteiger partial charge on any atom is -0.288 e. The molecule has 1 saturated heterocycles. The summed E-state index contributed by atoms with van der Waals surface area (Å²) in [5, 5.41) is 0. The highest BCUT2D eigenvalue weighted by Crippen LogP contribution is 2.43. The van der Waals surface area contributed by atoms with Gasteiger partial charge in [0, 0.05) is 42.4 Å². The molecule has 0 amide bonds. The van der Waals surface area contributed by atoms with Crippen molar-refractivity contribution in [1.82, 2.24) is 14.9 Å². The van der Waals surface area contributed by atoms with E-state index >= 15 is 0 Å². The fourth-order valence-corrected chi connectivity index (χ4v) is 3.79. The van der Waals surface area contributed by atoms with E-state index in [1.54, 1.807) is 0 Å². The van der Waals surface area contributed by atoms with Gasteiger partial charge in [-0.05, 0) is 31.9 Å². The second-order valence-corrected chi connectivity index (χ2v) is 6.14. The average Bonchev–Trinajstić information content (AvgIpc) is 2.76. The monoisotopic (exact) mass is 301 g/mol. The number of fused-ring (bicyclic) bond motifs is 4. The summed E-state index contributed by atoms with van der Waals surface area (Å²) in [5.41, 5.74) is 2.39. The number of halogens is 2. The van der Waals surface area contributed by atoms with Crippen LogP contribution in [0.15, 0.2) is 24.4 Å². The van der Waals surface area contributed by atoms with E-state index in [2.05, 4.69) is 14.9 Å². The van der Waals surface area contributed by atoms with Crippen LogP contribution < -0.4 is 0 Å². The van der Waals surface area contributed by atoms with Crippen LogP contribution >= 0.6 is 0 Å². The van der Waals surface area contributed by atoms with Crippen molar-refractivity contribution in [2.24, 2.45) is 0 Å². The number of aromatic nitrogens is 2. The number of rotatable bonds is 2. The number of hydrogen-bond donors (Lipinski definition) is 0. The summed E-state index contributed by atoms with van der Waals surface area (Å²) in [6.45, 7) is 2.20. The van der Waals surface area contributed by atoms with Gasteiger partial charge >= 0.3 is 0 Å². The molecule has 2 atom stereocenters. The van der Waals surface area contributed by atoms with Crippen molar-refractivity contribution in [3.05, 3.63) is 58.7 Å². The minimum atomic E-state index is -0.467. The number of nitrogens with zero attached hydrogens (tertiary/aromatic N) is 3. The third-order valence-corrected chi connectivity index (χ3v) is 4.85. The Morgan fingerprint density at radius 2 is 2.00 bits per heavy atom. The highest BCUT2D eigenvalue weighted by Gasteiger charge is 2.41. The summed E-state index contributed by atoms with van der Waals surface area (Å²) in [6.07, 6.45) is 4.76. The standard InChI is InChI=1S/C17H17F2N3/c1-10-20-8-12-16(21-10)7-11-5-6-17(12)22(11)9-13-14(18)3-2-4-15(13)19/h2-4,8,11,17H,5-7,9H2,1H3/t11-,17+/m1/s1. The summed E-state index contributed by atoms with van der Waals surface area (Å²) in [5.74, 6) is -0.151. The molecule has 5 heteroatoms. The predicted octanol–water partition coefficient (Wildman–Crippen LogP) is 3.33. The van der Waals surface area contributed by atoms with E-state index < -0.39 is 11.6 Å². The van der Waals surface area contributed by atoms with Crippen LogP contribution in [-0.4, -0.2) is 20.9 Å². The molecular formula is C17H17F2N3. The Hall–Kier alpha value is -1.88. The van der Waals surface area contributed by atoms with Crippen molar-refractivity contribution < 1.29 is 8.78 Å².